The van der Waals surface area contributed by atoms with Gasteiger partial charge in [0.2, 0.25) is 0 Å². The van der Waals surface area contributed by atoms with Crippen LogP contribution in [0.1, 0.15) is 37.8 Å². The van der Waals surface area contributed by atoms with Crippen molar-refractivity contribution < 1.29 is 9.53 Å². The average Bonchev–Trinajstić information content (AvgIpc) is 3.31. The van der Waals surface area contributed by atoms with E-state index in [4.69, 9.17) is 4.74 Å². The second-order valence-corrected chi connectivity index (χ2v) is 6.49. The summed E-state index contributed by atoms with van der Waals surface area (Å²) in [5.41, 5.74) is 3.85. The van der Waals surface area contributed by atoms with Crippen LogP contribution < -0.4 is 5.32 Å². The molecular formula is C18H26N2O2. The normalized spacial score (nSPS) is 19.4. The van der Waals surface area contributed by atoms with E-state index >= 15 is 0 Å². The lowest BCUT2D eigenvalue weighted by atomic mass is 9.97. The van der Waals surface area contributed by atoms with Gasteiger partial charge in [-0.3, -0.25) is 4.90 Å². The van der Waals surface area contributed by atoms with Crippen molar-refractivity contribution in [3.05, 3.63) is 29.3 Å². The van der Waals surface area contributed by atoms with Crippen LogP contribution in [0, 0.1) is 5.92 Å². The first-order chi connectivity index (χ1) is 10.7. The van der Waals surface area contributed by atoms with E-state index in [0.717, 1.165) is 31.1 Å². The molecule has 120 valence electrons. The van der Waals surface area contributed by atoms with Crippen LogP contribution >= 0.6 is 0 Å². The van der Waals surface area contributed by atoms with Crippen molar-refractivity contribution in [3.63, 3.8) is 0 Å². The molecule has 0 aromatic heterocycles. The summed E-state index contributed by atoms with van der Waals surface area (Å²) < 4.78 is 5.08. The number of anilines is 1. The number of esters is 1. The molecule has 0 amide bonds. The van der Waals surface area contributed by atoms with Crippen LogP contribution in [0.15, 0.2) is 18.2 Å². The largest absolute Gasteiger partial charge is 0.464 e. The molecule has 1 aromatic rings. The number of hydrogen-bond donors (Lipinski definition) is 1. The minimum absolute atomic E-state index is 0.189. The highest BCUT2D eigenvalue weighted by molar-refractivity contribution is 5.79. The smallest absolute Gasteiger partial charge is 0.328 e. The molecule has 2 aliphatic rings. The highest BCUT2D eigenvalue weighted by Gasteiger charge is 2.27. The number of carbonyl (C=O) groups is 1. The maximum absolute atomic E-state index is 11.8. The fourth-order valence-corrected chi connectivity index (χ4v) is 3.18. The maximum Gasteiger partial charge on any atom is 0.328 e. The van der Waals surface area contributed by atoms with Crippen LogP contribution in [0.5, 0.6) is 0 Å². The molecule has 3 rings (SSSR count). The van der Waals surface area contributed by atoms with Crippen molar-refractivity contribution in [3.8, 4) is 0 Å². The van der Waals surface area contributed by atoms with E-state index in [2.05, 4.69) is 28.4 Å². The van der Waals surface area contributed by atoms with Crippen LogP contribution in [0.4, 0.5) is 5.69 Å². The molecule has 0 bridgehead atoms. The van der Waals surface area contributed by atoms with E-state index in [1.54, 1.807) is 0 Å². The van der Waals surface area contributed by atoms with E-state index in [-0.39, 0.29) is 12.0 Å². The van der Waals surface area contributed by atoms with Crippen molar-refractivity contribution in [1.29, 1.82) is 0 Å². The zero-order chi connectivity index (χ0) is 15.5. The van der Waals surface area contributed by atoms with Crippen LogP contribution in [0.25, 0.3) is 0 Å². The minimum atomic E-state index is -0.309. The molecule has 1 aliphatic heterocycles. The molecule has 1 aliphatic carbocycles. The molecule has 0 unspecified atom stereocenters. The Labute approximate surface area is 132 Å². The molecular weight excluding hydrogens is 276 g/mol. The number of rotatable bonds is 6. The van der Waals surface area contributed by atoms with Gasteiger partial charge in [0.05, 0.1) is 6.61 Å². The Hall–Kier alpha value is -1.55. The zero-order valence-corrected chi connectivity index (χ0v) is 13.6. The predicted molar refractivity (Wildman–Crippen MR) is 87.9 cm³/mol. The van der Waals surface area contributed by atoms with Crippen molar-refractivity contribution in [1.82, 2.24) is 4.90 Å². The summed E-state index contributed by atoms with van der Waals surface area (Å²) in [7, 11) is 0. The molecule has 22 heavy (non-hydrogen) atoms. The first kappa shape index (κ1) is 15.3. The van der Waals surface area contributed by atoms with E-state index in [1.807, 2.05) is 13.8 Å². The van der Waals surface area contributed by atoms with Crippen LogP contribution in [-0.4, -0.2) is 36.6 Å². The molecule has 1 saturated carbocycles. The Bertz CT molecular complexity index is 540. The van der Waals surface area contributed by atoms with Gasteiger partial charge in [0.1, 0.15) is 6.04 Å². The lowest BCUT2D eigenvalue weighted by Crippen LogP contribution is -2.34. The first-order valence-electron chi connectivity index (χ1n) is 8.43. The van der Waals surface area contributed by atoms with Crippen molar-refractivity contribution >= 4 is 11.7 Å². The Kier molecular flexibility index (Phi) is 4.67. The third-order valence-electron chi connectivity index (χ3n) is 4.57. The van der Waals surface area contributed by atoms with Crippen LogP contribution in [0.3, 0.4) is 0 Å². The minimum Gasteiger partial charge on any atom is -0.464 e. The van der Waals surface area contributed by atoms with Gasteiger partial charge in [-0.2, -0.15) is 0 Å². The standard InChI is InChI=1S/C18H26N2O2/c1-3-22-18(21)13(2)19-17-6-4-5-15-12-20(10-9-16(15)17)11-14-7-8-14/h4-6,13-14,19H,3,7-12H2,1-2H3/t13-/m0/s1. The highest BCUT2D eigenvalue weighted by Crippen LogP contribution is 2.33. The monoisotopic (exact) mass is 302 g/mol. The number of carbonyl (C=O) groups excluding carboxylic acids is 1. The van der Waals surface area contributed by atoms with Crippen molar-refractivity contribution in [2.75, 3.05) is 25.0 Å². The van der Waals surface area contributed by atoms with Gasteiger partial charge in [-0.25, -0.2) is 4.79 Å². The molecule has 0 spiro atoms. The quantitative estimate of drug-likeness (QED) is 0.821. The topological polar surface area (TPSA) is 41.6 Å². The Morgan fingerprint density at radius 3 is 3.00 bits per heavy atom. The molecule has 1 atom stereocenters. The lowest BCUT2D eigenvalue weighted by molar-refractivity contribution is -0.143. The highest BCUT2D eigenvalue weighted by atomic mass is 16.5. The first-order valence-corrected chi connectivity index (χ1v) is 8.43. The fraction of sp³-hybridized carbons (Fsp3) is 0.611. The van der Waals surface area contributed by atoms with E-state index in [0.29, 0.717) is 6.61 Å². The number of hydrogen-bond acceptors (Lipinski definition) is 4. The second kappa shape index (κ2) is 6.69. The van der Waals surface area contributed by atoms with Gasteiger partial charge in [0.25, 0.3) is 0 Å². The van der Waals surface area contributed by atoms with Gasteiger partial charge in [-0.05, 0) is 56.2 Å². The molecule has 0 saturated heterocycles. The number of nitrogens with zero attached hydrogens (tertiary/aromatic N) is 1. The van der Waals surface area contributed by atoms with E-state index in [9.17, 15) is 4.79 Å². The number of fused-ring (bicyclic) bond motifs is 1. The molecule has 0 radical (unpaired) electrons. The van der Waals surface area contributed by atoms with Gasteiger partial charge in [-0.1, -0.05) is 12.1 Å². The Morgan fingerprint density at radius 2 is 2.27 bits per heavy atom. The number of nitrogens with one attached hydrogen (secondary N) is 1. The third kappa shape index (κ3) is 3.61. The van der Waals surface area contributed by atoms with Crippen molar-refractivity contribution in [2.24, 2.45) is 5.92 Å². The van der Waals surface area contributed by atoms with E-state index < -0.39 is 0 Å². The maximum atomic E-state index is 11.8. The molecule has 4 heteroatoms. The summed E-state index contributed by atoms with van der Waals surface area (Å²) in [4.78, 5) is 14.4. The predicted octanol–water partition coefficient (Wildman–Crippen LogP) is 2.82. The van der Waals surface area contributed by atoms with Gasteiger partial charge in [0, 0.05) is 25.3 Å². The summed E-state index contributed by atoms with van der Waals surface area (Å²) in [6, 6.07) is 6.07. The molecule has 1 N–H and O–H groups in total. The van der Waals surface area contributed by atoms with Crippen LogP contribution in [-0.2, 0) is 22.5 Å². The van der Waals surface area contributed by atoms with Gasteiger partial charge in [0.15, 0.2) is 0 Å². The van der Waals surface area contributed by atoms with E-state index in [1.165, 1.54) is 30.5 Å². The lowest BCUT2D eigenvalue weighted by Gasteiger charge is -2.30. The SMILES string of the molecule is CCOC(=O)[C@H](C)Nc1cccc2c1CCN(CC1CC1)C2. The zero-order valence-electron chi connectivity index (χ0n) is 13.6. The van der Waals surface area contributed by atoms with Crippen LogP contribution in [0.2, 0.25) is 0 Å². The van der Waals surface area contributed by atoms with Gasteiger partial charge in [-0.15, -0.1) is 0 Å². The average molecular weight is 302 g/mol. The number of benzene rings is 1. The summed E-state index contributed by atoms with van der Waals surface area (Å²) in [5.74, 6) is 0.748. The third-order valence-corrected chi connectivity index (χ3v) is 4.57. The number of ether oxygens (including phenoxy) is 1. The Morgan fingerprint density at radius 1 is 1.45 bits per heavy atom. The molecule has 1 aromatic carbocycles. The molecule has 1 heterocycles. The summed E-state index contributed by atoms with van der Waals surface area (Å²) in [5, 5.41) is 3.33. The van der Waals surface area contributed by atoms with Gasteiger partial charge >= 0.3 is 5.97 Å². The summed E-state index contributed by atoms with van der Waals surface area (Å²) in [6.07, 6.45) is 3.87. The van der Waals surface area contributed by atoms with Crippen molar-refractivity contribution in [2.45, 2.75) is 45.7 Å². The molecule has 4 nitrogen and oxygen atoms in total. The summed E-state index contributed by atoms with van der Waals surface area (Å²) >= 11 is 0. The fourth-order valence-electron chi connectivity index (χ4n) is 3.18. The summed E-state index contributed by atoms with van der Waals surface area (Å²) in [6.45, 7) is 7.53. The van der Waals surface area contributed by atoms with Gasteiger partial charge < -0.3 is 10.1 Å². The Balaban J connectivity index is 1.67. The second-order valence-electron chi connectivity index (χ2n) is 6.49. The molecule has 1 fully saturated rings.